The SMILES string of the molecule is CCCNC(=O)[C@H](C)NC(=O)CNc1ccc(I)cc1. The van der Waals surface area contributed by atoms with E-state index in [1.807, 2.05) is 31.2 Å². The molecule has 5 nitrogen and oxygen atoms in total. The van der Waals surface area contributed by atoms with Crippen LogP contribution in [0.25, 0.3) is 0 Å². The molecule has 2 amide bonds. The molecular weight excluding hydrogens is 369 g/mol. The molecule has 0 saturated heterocycles. The molecule has 0 heterocycles. The third-order valence-electron chi connectivity index (χ3n) is 2.62. The molecule has 0 aliphatic carbocycles. The molecule has 0 spiro atoms. The molecule has 1 atom stereocenters. The Bertz CT molecular complexity index is 448. The lowest BCUT2D eigenvalue weighted by Crippen LogP contribution is -2.46. The van der Waals surface area contributed by atoms with Gasteiger partial charge < -0.3 is 16.0 Å². The highest BCUT2D eigenvalue weighted by molar-refractivity contribution is 14.1. The van der Waals surface area contributed by atoms with Gasteiger partial charge in [-0.15, -0.1) is 0 Å². The van der Waals surface area contributed by atoms with Crippen molar-refractivity contribution in [3.63, 3.8) is 0 Å². The van der Waals surface area contributed by atoms with Crippen molar-refractivity contribution in [3.8, 4) is 0 Å². The zero-order valence-corrected chi connectivity index (χ0v) is 13.9. The third-order valence-corrected chi connectivity index (χ3v) is 3.34. The summed E-state index contributed by atoms with van der Waals surface area (Å²) >= 11 is 2.22. The second-order valence-corrected chi connectivity index (χ2v) is 5.69. The van der Waals surface area contributed by atoms with Gasteiger partial charge in [-0.05, 0) is 60.2 Å². The number of carbonyl (C=O) groups excluding carboxylic acids is 2. The van der Waals surface area contributed by atoms with Crippen molar-refractivity contribution in [2.24, 2.45) is 0 Å². The lowest BCUT2D eigenvalue weighted by molar-refractivity contribution is -0.127. The molecule has 3 N–H and O–H groups in total. The molecule has 0 fully saturated rings. The van der Waals surface area contributed by atoms with E-state index in [1.54, 1.807) is 6.92 Å². The second kappa shape index (κ2) is 8.78. The Balaban J connectivity index is 2.32. The van der Waals surface area contributed by atoms with E-state index < -0.39 is 6.04 Å². The van der Waals surface area contributed by atoms with Crippen LogP contribution in [-0.4, -0.2) is 30.9 Å². The highest BCUT2D eigenvalue weighted by atomic mass is 127. The van der Waals surface area contributed by atoms with E-state index in [-0.39, 0.29) is 18.4 Å². The Labute approximate surface area is 133 Å². The van der Waals surface area contributed by atoms with E-state index in [9.17, 15) is 9.59 Å². The fourth-order valence-electron chi connectivity index (χ4n) is 1.51. The molecule has 0 unspecified atom stereocenters. The molecule has 1 rings (SSSR count). The van der Waals surface area contributed by atoms with Crippen LogP contribution >= 0.6 is 22.6 Å². The van der Waals surface area contributed by atoms with Crippen LogP contribution in [0.3, 0.4) is 0 Å². The summed E-state index contributed by atoms with van der Waals surface area (Å²) in [5.74, 6) is -0.364. The van der Waals surface area contributed by atoms with Gasteiger partial charge in [-0.1, -0.05) is 6.92 Å². The molecule has 110 valence electrons. The van der Waals surface area contributed by atoms with Crippen LogP contribution in [0.4, 0.5) is 5.69 Å². The topological polar surface area (TPSA) is 70.2 Å². The molecule has 20 heavy (non-hydrogen) atoms. The van der Waals surface area contributed by atoms with E-state index in [0.717, 1.165) is 15.7 Å². The number of amides is 2. The summed E-state index contributed by atoms with van der Waals surface area (Å²) in [6, 6.07) is 7.22. The maximum Gasteiger partial charge on any atom is 0.242 e. The lowest BCUT2D eigenvalue weighted by atomic mass is 10.3. The van der Waals surface area contributed by atoms with Crippen LogP contribution in [0.1, 0.15) is 20.3 Å². The van der Waals surface area contributed by atoms with E-state index in [0.29, 0.717) is 6.54 Å². The van der Waals surface area contributed by atoms with Gasteiger partial charge in [0.15, 0.2) is 0 Å². The van der Waals surface area contributed by atoms with Crippen LogP contribution in [0.15, 0.2) is 24.3 Å². The predicted molar refractivity (Wildman–Crippen MR) is 88.6 cm³/mol. The first-order valence-corrected chi connectivity index (χ1v) is 7.67. The summed E-state index contributed by atoms with van der Waals surface area (Å²) < 4.78 is 1.14. The van der Waals surface area contributed by atoms with Gasteiger partial charge in [-0.25, -0.2) is 0 Å². The molecule has 0 saturated carbocycles. The fourth-order valence-corrected chi connectivity index (χ4v) is 1.87. The largest absolute Gasteiger partial charge is 0.376 e. The van der Waals surface area contributed by atoms with Crippen molar-refractivity contribution in [3.05, 3.63) is 27.8 Å². The molecular formula is C14H20IN3O2. The first kappa shape index (κ1) is 16.7. The monoisotopic (exact) mass is 389 g/mol. The molecule has 0 aliphatic rings. The van der Waals surface area contributed by atoms with Crippen LogP contribution in [0.5, 0.6) is 0 Å². The van der Waals surface area contributed by atoms with Gasteiger partial charge in [-0.2, -0.15) is 0 Å². The van der Waals surface area contributed by atoms with Crippen molar-refractivity contribution in [1.82, 2.24) is 10.6 Å². The number of nitrogens with one attached hydrogen (secondary N) is 3. The number of halogens is 1. The van der Waals surface area contributed by atoms with Crippen LogP contribution in [0.2, 0.25) is 0 Å². The predicted octanol–water partition coefficient (Wildman–Crippen LogP) is 1.73. The Kier molecular flexibility index (Phi) is 7.35. The molecule has 0 aliphatic heterocycles. The summed E-state index contributed by atoms with van der Waals surface area (Å²) in [5.41, 5.74) is 0.878. The maximum atomic E-state index is 11.7. The average Bonchev–Trinajstić information content (AvgIpc) is 2.44. The van der Waals surface area contributed by atoms with Gasteiger partial charge in [0, 0.05) is 15.8 Å². The molecule has 1 aromatic carbocycles. The van der Waals surface area contributed by atoms with E-state index in [4.69, 9.17) is 0 Å². The van der Waals surface area contributed by atoms with E-state index in [1.165, 1.54) is 0 Å². The van der Waals surface area contributed by atoms with Crippen LogP contribution in [0, 0.1) is 3.57 Å². The van der Waals surface area contributed by atoms with Gasteiger partial charge in [-0.3, -0.25) is 9.59 Å². The summed E-state index contributed by atoms with van der Waals surface area (Å²) in [5, 5.41) is 8.41. The van der Waals surface area contributed by atoms with E-state index >= 15 is 0 Å². The Morgan fingerprint density at radius 3 is 2.50 bits per heavy atom. The van der Waals surface area contributed by atoms with Gasteiger partial charge >= 0.3 is 0 Å². The first-order chi connectivity index (χ1) is 9.52. The molecule has 0 bridgehead atoms. The summed E-state index contributed by atoms with van der Waals surface area (Å²) in [6.07, 6.45) is 0.876. The standard InChI is InChI=1S/C14H20IN3O2/c1-3-8-16-14(20)10(2)18-13(19)9-17-12-6-4-11(15)5-7-12/h4-7,10,17H,3,8-9H2,1-2H3,(H,16,20)(H,18,19)/t10-/m0/s1. The van der Waals surface area contributed by atoms with Crippen molar-refractivity contribution in [2.45, 2.75) is 26.3 Å². The van der Waals surface area contributed by atoms with Crippen molar-refractivity contribution in [1.29, 1.82) is 0 Å². The number of rotatable bonds is 7. The van der Waals surface area contributed by atoms with Gasteiger partial charge in [0.1, 0.15) is 6.04 Å². The Morgan fingerprint density at radius 2 is 1.90 bits per heavy atom. The Morgan fingerprint density at radius 1 is 1.25 bits per heavy atom. The van der Waals surface area contributed by atoms with Crippen LogP contribution in [-0.2, 0) is 9.59 Å². The highest BCUT2D eigenvalue weighted by Crippen LogP contribution is 2.10. The fraction of sp³-hybridized carbons (Fsp3) is 0.429. The molecule has 0 aromatic heterocycles. The Hall–Kier alpha value is -1.31. The minimum atomic E-state index is -0.521. The molecule has 6 heteroatoms. The molecule has 0 radical (unpaired) electrons. The summed E-state index contributed by atoms with van der Waals surface area (Å²) in [6.45, 7) is 4.42. The summed E-state index contributed by atoms with van der Waals surface area (Å²) in [7, 11) is 0. The van der Waals surface area contributed by atoms with Crippen molar-refractivity contribution in [2.75, 3.05) is 18.4 Å². The normalized spacial score (nSPS) is 11.6. The third kappa shape index (κ3) is 6.23. The number of hydrogen-bond donors (Lipinski definition) is 3. The van der Waals surface area contributed by atoms with Gasteiger partial charge in [0.05, 0.1) is 6.54 Å². The first-order valence-electron chi connectivity index (χ1n) is 6.59. The van der Waals surface area contributed by atoms with Crippen molar-refractivity contribution >= 4 is 40.1 Å². The number of anilines is 1. The summed E-state index contributed by atoms with van der Waals surface area (Å²) in [4.78, 5) is 23.3. The minimum Gasteiger partial charge on any atom is -0.376 e. The highest BCUT2D eigenvalue weighted by Gasteiger charge is 2.14. The maximum absolute atomic E-state index is 11.7. The van der Waals surface area contributed by atoms with Gasteiger partial charge in [0.2, 0.25) is 11.8 Å². The van der Waals surface area contributed by atoms with Crippen molar-refractivity contribution < 1.29 is 9.59 Å². The number of carbonyl (C=O) groups is 2. The average molecular weight is 389 g/mol. The lowest BCUT2D eigenvalue weighted by Gasteiger charge is -2.14. The van der Waals surface area contributed by atoms with Crippen LogP contribution < -0.4 is 16.0 Å². The zero-order valence-electron chi connectivity index (χ0n) is 11.7. The minimum absolute atomic E-state index is 0.145. The van der Waals surface area contributed by atoms with E-state index in [2.05, 4.69) is 38.5 Å². The zero-order chi connectivity index (χ0) is 15.0. The number of hydrogen-bond acceptors (Lipinski definition) is 3. The smallest absolute Gasteiger partial charge is 0.242 e. The van der Waals surface area contributed by atoms with Gasteiger partial charge in [0.25, 0.3) is 0 Å². The quantitative estimate of drug-likeness (QED) is 0.623. The number of benzene rings is 1. The second-order valence-electron chi connectivity index (χ2n) is 4.44. The molecule has 1 aromatic rings.